The van der Waals surface area contributed by atoms with E-state index >= 15 is 0 Å². The summed E-state index contributed by atoms with van der Waals surface area (Å²) in [5.41, 5.74) is -0.0364. The summed E-state index contributed by atoms with van der Waals surface area (Å²) in [5.74, 6) is 0.514. The maximum absolute atomic E-state index is 12.6. The molecule has 5 nitrogen and oxygen atoms in total. The Kier molecular flexibility index (Phi) is 5.50. The number of hydrogen-bond donors (Lipinski definition) is 1. The number of alkyl halides is 3. The number of amides is 1. The minimum Gasteiger partial charge on any atom is -0.403 e. The SMILES string of the molecule is CCSc1ccc(C(=O)Nc2nnc(-c3ccc(C(F)(F)F)cc3)o2)cc1. The number of hydrogen-bond acceptors (Lipinski definition) is 5. The minimum absolute atomic E-state index is 0.00807. The molecule has 3 aromatic rings. The highest BCUT2D eigenvalue weighted by molar-refractivity contribution is 7.99. The number of benzene rings is 2. The van der Waals surface area contributed by atoms with Crippen molar-refractivity contribution in [3.8, 4) is 11.5 Å². The Morgan fingerprint density at radius 2 is 1.74 bits per heavy atom. The largest absolute Gasteiger partial charge is 0.416 e. The lowest BCUT2D eigenvalue weighted by Gasteiger charge is -2.05. The number of nitrogens with one attached hydrogen (secondary N) is 1. The molecule has 140 valence electrons. The fourth-order valence-corrected chi connectivity index (χ4v) is 2.89. The van der Waals surface area contributed by atoms with E-state index in [9.17, 15) is 18.0 Å². The van der Waals surface area contributed by atoms with E-state index in [0.29, 0.717) is 11.1 Å². The van der Waals surface area contributed by atoms with Gasteiger partial charge in [-0.2, -0.15) is 13.2 Å². The normalized spacial score (nSPS) is 11.4. The fraction of sp³-hybridized carbons (Fsp3) is 0.167. The zero-order valence-electron chi connectivity index (χ0n) is 14.1. The molecule has 9 heteroatoms. The van der Waals surface area contributed by atoms with Gasteiger partial charge in [-0.25, -0.2) is 0 Å². The summed E-state index contributed by atoms with van der Waals surface area (Å²) in [6, 6.07) is 11.2. The third-order valence-corrected chi connectivity index (χ3v) is 4.43. The van der Waals surface area contributed by atoms with E-state index in [1.807, 2.05) is 19.1 Å². The first-order valence-electron chi connectivity index (χ1n) is 7.92. The molecule has 0 spiro atoms. The molecule has 1 aromatic heterocycles. The molecule has 0 aliphatic carbocycles. The molecule has 0 radical (unpaired) electrons. The molecule has 1 N–H and O–H groups in total. The van der Waals surface area contributed by atoms with Crippen LogP contribution in [-0.4, -0.2) is 21.9 Å². The van der Waals surface area contributed by atoms with Crippen molar-refractivity contribution in [1.29, 1.82) is 0 Å². The van der Waals surface area contributed by atoms with E-state index in [4.69, 9.17) is 4.42 Å². The highest BCUT2D eigenvalue weighted by Crippen LogP contribution is 2.31. The Morgan fingerprint density at radius 3 is 2.33 bits per heavy atom. The van der Waals surface area contributed by atoms with Gasteiger partial charge in [-0.3, -0.25) is 10.1 Å². The fourth-order valence-electron chi connectivity index (χ4n) is 2.23. The van der Waals surface area contributed by atoms with E-state index in [1.165, 1.54) is 12.1 Å². The second kappa shape index (κ2) is 7.83. The molecule has 0 saturated heterocycles. The van der Waals surface area contributed by atoms with Gasteiger partial charge in [0.1, 0.15) is 0 Å². The third-order valence-electron chi connectivity index (χ3n) is 3.53. The van der Waals surface area contributed by atoms with Crippen molar-refractivity contribution in [2.45, 2.75) is 18.0 Å². The van der Waals surface area contributed by atoms with Crippen molar-refractivity contribution >= 4 is 23.7 Å². The number of aromatic nitrogens is 2. The zero-order chi connectivity index (χ0) is 19.4. The smallest absolute Gasteiger partial charge is 0.403 e. The number of rotatable bonds is 5. The zero-order valence-corrected chi connectivity index (χ0v) is 14.9. The van der Waals surface area contributed by atoms with E-state index in [0.717, 1.165) is 22.8 Å². The van der Waals surface area contributed by atoms with Crippen LogP contribution in [0.1, 0.15) is 22.8 Å². The summed E-state index contributed by atoms with van der Waals surface area (Å²) in [6.07, 6.45) is -4.42. The number of anilines is 1. The Morgan fingerprint density at radius 1 is 1.07 bits per heavy atom. The number of carbonyl (C=O) groups excluding carboxylic acids is 1. The van der Waals surface area contributed by atoms with Crippen LogP contribution in [0.5, 0.6) is 0 Å². The van der Waals surface area contributed by atoms with Gasteiger partial charge in [-0.15, -0.1) is 16.9 Å². The van der Waals surface area contributed by atoms with Crippen molar-refractivity contribution in [3.63, 3.8) is 0 Å². The lowest BCUT2D eigenvalue weighted by atomic mass is 10.1. The van der Waals surface area contributed by atoms with Crippen LogP contribution in [-0.2, 0) is 6.18 Å². The summed E-state index contributed by atoms with van der Waals surface area (Å²) in [5, 5.41) is 9.92. The average molecular weight is 393 g/mol. The molecule has 1 amide bonds. The Balaban J connectivity index is 1.69. The molecule has 1 heterocycles. The third kappa shape index (κ3) is 4.68. The van der Waals surface area contributed by atoms with Crippen LogP contribution in [0.4, 0.5) is 19.2 Å². The van der Waals surface area contributed by atoms with E-state index in [-0.39, 0.29) is 11.9 Å². The molecule has 0 aliphatic heterocycles. The molecule has 3 rings (SSSR count). The number of nitrogens with zero attached hydrogens (tertiary/aromatic N) is 2. The van der Waals surface area contributed by atoms with Crippen molar-refractivity contribution < 1.29 is 22.4 Å². The number of carbonyl (C=O) groups is 1. The molecule has 2 aromatic carbocycles. The van der Waals surface area contributed by atoms with Crippen LogP contribution >= 0.6 is 11.8 Å². The highest BCUT2D eigenvalue weighted by atomic mass is 32.2. The molecule has 0 atom stereocenters. The van der Waals surface area contributed by atoms with Gasteiger partial charge in [0.25, 0.3) is 5.91 Å². The lowest BCUT2D eigenvalue weighted by molar-refractivity contribution is -0.137. The lowest BCUT2D eigenvalue weighted by Crippen LogP contribution is -2.11. The maximum Gasteiger partial charge on any atom is 0.416 e. The van der Waals surface area contributed by atoms with E-state index in [1.54, 1.807) is 23.9 Å². The topological polar surface area (TPSA) is 68.0 Å². The van der Waals surface area contributed by atoms with Gasteiger partial charge in [-0.1, -0.05) is 12.0 Å². The van der Waals surface area contributed by atoms with E-state index in [2.05, 4.69) is 15.5 Å². The van der Waals surface area contributed by atoms with Gasteiger partial charge >= 0.3 is 12.2 Å². The summed E-state index contributed by atoms with van der Waals surface area (Å²) >= 11 is 1.66. The Labute approximate surface area is 157 Å². The van der Waals surface area contributed by atoms with Crippen LogP contribution in [0.15, 0.2) is 57.8 Å². The molecule has 0 bridgehead atoms. The predicted molar refractivity (Wildman–Crippen MR) is 95.5 cm³/mol. The van der Waals surface area contributed by atoms with Gasteiger partial charge < -0.3 is 4.42 Å². The first kappa shape index (κ1) is 19.0. The van der Waals surface area contributed by atoms with Gasteiger partial charge in [-0.05, 0) is 54.3 Å². The molecule has 0 aliphatic rings. The molecule has 0 fully saturated rings. The molecular weight excluding hydrogens is 379 g/mol. The first-order valence-corrected chi connectivity index (χ1v) is 8.90. The van der Waals surface area contributed by atoms with Crippen molar-refractivity contribution in [2.75, 3.05) is 11.1 Å². The molecular formula is C18H14F3N3O2S. The van der Waals surface area contributed by atoms with Crippen LogP contribution < -0.4 is 5.32 Å². The second-order valence-corrected chi connectivity index (χ2v) is 6.74. The van der Waals surface area contributed by atoms with Gasteiger partial charge in [0.05, 0.1) is 5.56 Å². The standard InChI is InChI=1S/C18H14F3N3O2S/c1-2-27-14-9-5-11(6-10-14)15(25)22-17-24-23-16(26-17)12-3-7-13(8-4-12)18(19,20)21/h3-10H,2H2,1H3,(H,22,24,25). The summed E-state index contributed by atoms with van der Waals surface area (Å²) in [4.78, 5) is 13.3. The predicted octanol–water partition coefficient (Wildman–Crippen LogP) is 5.12. The van der Waals surface area contributed by atoms with Crippen LogP contribution in [0.3, 0.4) is 0 Å². The average Bonchev–Trinajstić information content (AvgIpc) is 3.10. The summed E-state index contributed by atoms with van der Waals surface area (Å²) in [7, 11) is 0. The first-order chi connectivity index (χ1) is 12.9. The highest BCUT2D eigenvalue weighted by Gasteiger charge is 2.30. The number of thioether (sulfide) groups is 1. The second-order valence-electron chi connectivity index (χ2n) is 5.40. The van der Waals surface area contributed by atoms with E-state index < -0.39 is 17.6 Å². The Bertz CT molecular complexity index is 922. The number of halogens is 3. The van der Waals surface area contributed by atoms with Crippen molar-refractivity contribution in [2.24, 2.45) is 0 Å². The van der Waals surface area contributed by atoms with Gasteiger partial charge in [0.15, 0.2) is 0 Å². The summed E-state index contributed by atoms with van der Waals surface area (Å²) < 4.78 is 43.1. The van der Waals surface area contributed by atoms with Crippen LogP contribution in [0.25, 0.3) is 11.5 Å². The van der Waals surface area contributed by atoms with Crippen molar-refractivity contribution in [3.05, 3.63) is 59.7 Å². The minimum atomic E-state index is -4.42. The molecule has 0 saturated carbocycles. The molecule has 0 unspecified atom stereocenters. The maximum atomic E-state index is 12.6. The monoisotopic (exact) mass is 393 g/mol. The quantitative estimate of drug-likeness (QED) is 0.610. The Hall–Kier alpha value is -2.81. The van der Waals surface area contributed by atoms with Gasteiger partial charge in [0, 0.05) is 16.0 Å². The molecule has 27 heavy (non-hydrogen) atoms. The summed E-state index contributed by atoms with van der Waals surface area (Å²) in [6.45, 7) is 2.04. The van der Waals surface area contributed by atoms with Crippen molar-refractivity contribution in [1.82, 2.24) is 10.2 Å². The van der Waals surface area contributed by atoms with Crippen LogP contribution in [0.2, 0.25) is 0 Å². The van der Waals surface area contributed by atoms with Crippen LogP contribution in [0, 0.1) is 0 Å². The van der Waals surface area contributed by atoms with Gasteiger partial charge in [0.2, 0.25) is 5.89 Å².